The highest BCUT2D eigenvalue weighted by Gasteiger charge is 2.20. The van der Waals surface area contributed by atoms with Crippen LogP contribution in [-0.2, 0) is 5.75 Å². The van der Waals surface area contributed by atoms with Crippen molar-refractivity contribution in [2.24, 2.45) is 0 Å². The van der Waals surface area contributed by atoms with Gasteiger partial charge in [0.15, 0.2) is 16.7 Å². The second-order valence-electron chi connectivity index (χ2n) is 6.38. The summed E-state index contributed by atoms with van der Waals surface area (Å²) in [6.07, 6.45) is 1.52. The normalized spacial score (nSPS) is 11.2. The highest BCUT2D eigenvalue weighted by molar-refractivity contribution is 7.98. The molecule has 31 heavy (non-hydrogen) atoms. The zero-order chi connectivity index (χ0) is 21.2. The van der Waals surface area contributed by atoms with Gasteiger partial charge in [0.25, 0.3) is 0 Å². The molecule has 0 bridgehead atoms. The number of hydrogen-bond donors (Lipinski definition) is 0. The monoisotopic (exact) mass is 437 g/mol. The van der Waals surface area contributed by atoms with Crippen molar-refractivity contribution in [3.63, 3.8) is 0 Å². The summed E-state index contributed by atoms with van der Waals surface area (Å²) in [5.74, 6) is 0.461. The van der Waals surface area contributed by atoms with Crippen molar-refractivity contribution in [2.75, 3.05) is 0 Å². The number of rotatable bonds is 6. The molecular weight excluding hydrogens is 424 g/mol. The van der Waals surface area contributed by atoms with E-state index in [0.29, 0.717) is 28.5 Å². The molecule has 0 atom stereocenters. The van der Waals surface area contributed by atoms with Crippen molar-refractivity contribution in [2.45, 2.75) is 10.9 Å². The van der Waals surface area contributed by atoms with E-state index >= 15 is 0 Å². The molecule has 0 saturated heterocycles. The molecule has 0 N–H and O–H groups in total. The highest BCUT2D eigenvalue weighted by atomic mass is 32.2. The first-order valence-electron chi connectivity index (χ1n) is 9.14. The molecule has 0 amide bonds. The Hall–Kier alpha value is -3.79. The lowest BCUT2D eigenvalue weighted by atomic mass is 10.2. The average molecular weight is 437 g/mol. The predicted octanol–water partition coefficient (Wildman–Crippen LogP) is 5.15. The minimum Gasteiger partial charge on any atom is -0.461 e. The minimum atomic E-state index is -0.725. The summed E-state index contributed by atoms with van der Waals surface area (Å²) in [4.78, 5) is 4.29. The van der Waals surface area contributed by atoms with Crippen molar-refractivity contribution >= 4 is 11.8 Å². The molecule has 3 heterocycles. The smallest absolute Gasteiger partial charge is 0.238 e. The van der Waals surface area contributed by atoms with Crippen molar-refractivity contribution < 1.29 is 17.7 Å². The second kappa shape index (κ2) is 8.15. The van der Waals surface area contributed by atoms with Crippen LogP contribution in [0.3, 0.4) is 0 Å². The molecule has 3 aromatic heterocycles. The Morgan fingerprint density at radius 3 is 2.61 bits per heavy atom. The van der Waals surface area contributed by atoms with Crippen molar-refractivity contribution in [3.8, 4) is 28.7 Å². The van der Waals surface area contributed by atoms with Gasteiger partial charge in [0, 0.05) is 11.6 Å². The van der Waals surface area contributed by atoms with Gasteiger partial charge in [0.2, 0.25) is 11.7 Å². The van der Waals surface area contributed by atoms with E-state index in [9.17, 15) is 8.78 Å². The van der Waals surface area contributed by atoms with E-state index in [1.165, 1.54) is 30.2 Å². The summed E-state index contributed by atoms with van der Waals surface area (Å²) in [6, 6.07) is 16.0. The second-order valence-corrected chi connectivity index (χ2v) is 7.32. The Balaban J connectivity index is 1.49. The van der Waals surface area contributed by atoms with E-state index in [-0.39, 0.29) is 11.4 Å². The van der Waals surface area contributed by atoms with Gasteiger partial charge in [-0.2, -0.15) is 4.98 Å². The highest BCUT2D eigenvalue weighted by Crippen LogP contribution is 2.31. The number of benzene rings is 2. The molecule has 0 spiro atoms. The van der Waals surface area contributed by atoms with E-state index < -0.39 is 11.6 Å². The number of hydrogen-bond acceptors (Lipinski definition) is 7. The van der Waals surface area contributed by atoms with E-state index in [0.717, 1.165) is 11.6 Å². The molecule has 0 radical (unpaired) electrons. The average Bonchev–Trinajstić information content (AvgIpc) is 3.53. The molecule has 5 rings (SSSR count). The van der Waals surface area contributed by atoms with Crippen LogP contribution >= 0.6 is 11.8 Å². The fourth-order valence-electron chi connectivity index (χ4n) is 2.96. The van der Waals surface area contributed by atoms with Crippen LogP contribution in [0.2, 0.25) is 0 Å². The standard InChI is InChI=1S/C21H13F2N5O2S/c22-14-8-9-16(15(23)11-14)28-20(13-5-2-1-3-6-13)25-26-21(28)31-12-18-24-19(27-30-18)17-7-4-10-29-17/h1-11H,12H2. The SMILES string of the molecule is Fc1ccc(-n2c(SCc3nc(-c4ccco4)no3)nnc2-c2ccccc2)c(F)c1. The molecule has 0 fully saturated rings. The maximum absolute atomic E-state index is 14.6. The summed E-state index contributed by atoms with van der Waals surface area (Å²) in [5.41, 5.74) is 0.873. The molecular formula is C21H13F2N5O2S. The fourth-order valence-corrected chi connectivity index (χ4v) is 3.75. The summed E-state index contributed by atoms with van der Waals surface area (Å²) in [7, 11) is 0. The van der Waals surface area contributed by atoms with Crippen LogP contribution < -0.4 is 0 Å². The van der Waals surface area contributed by atoms with Crippen LogP contribution in [-0.4, -0.2) is 24.9 Å². The van der Waals surface area contributed by atoms with E-state index in [1.807, 2.05) is 30.3 Å². The molecule has 154 valence electrons. The topological polar surface area (TPSA) is 82.8 Å². The van der Waals surface area contributed by atoms with Gasteiger partial charge < -0.3 is 8.94 Å². The van der Waals surface area contributed by atoms with Crippen molar-refractivity contribution in [1.82, 2.24) is 24.9 Å². The molecule has 0 saturated carbocycles. The zero-order valence-electron chi connectivity index (χ0n) is 15.8. The Labute approximate surface area is 178 Å². The van der Waals surface area contributed by atoms with E-state index in [4.69, 9.17) is 8.94 Å². The summed E-state index contributed by atoms with van der Waals surface area (Å²) in [6.45, 7) is 0. The van der Waals surface area contributed by atoms with Crippen LogP contribution in [0.4, 0.5) is 8.78 Å². The largest absolute Gasteiger partial charge is 0.461 e. The predicted molar refractivity (Wildman–Crippen MR) is 108 cm³/mol. The van der Waals surface area contributed by atoms with E-state index in [2.05, 4.69) is 20.3 Å². The number of furan rings is 1. The van der Waals surface area contributed by atoms with Crippen LogP contribution in [0.1, 0.15) is 5.89 Å². The molecule has 2 aromatic carbocycles. The maximum atomic E-state index is 14.6. The number of aromatic nitrogens is 5. The fraction of sp³-hybridized carbons (Fsp3) is 0.0476. The lowest BCUT2D eigenvalue weighted by Crippen LogP contribution is -2.03. The van der Waals surface area contributed by atoms with Gasteiger partial charge in [0.1, 0.15) is 11.6 Å². The quantitative estimate of drug-likeness (QED) is 0.340. The van der Waals surface area contributed by atoms with Crippen LogP contribution in [0.25, 0.3) is 28.7 Å². The Bertz CT molecular complexity index is 1320. The molecule has 5 aromatic rings. The first-order valence-corrected chi connectivity index (χ1v) is 10.1. The van der Waals surface area contributed by atoms with Gasteiger partial charge >= 0.3 is 0 Å². The number of halogens is 2. The third kappa shape index (κ3) is 3.84. The first kappa shape index (κ1) is 19.2. The third-order valence-corrected chi connectivity index (χ3v) is 5.26. The molecule has 0 aliphatic rings. The van der Waals surface area contributed by atoms with Crippen LogP contribution in [0.15, 0.2) is 81.0 Å². The third-order valence-electron chi connectivity index (χ3n) is 4.35. The molecule has 0 aliphatic carbocycles. The lowest BCUT2D eigenvalue weighted by molar-refractivity contribution is 0.390. The Kier molecular flexibility index (Phi) is 5.04. The number of thioether (sulfide) groups is 1. The van der Waals surface area contributed by atoms with Crippen LogP contribution in [0.5, 0.6) is 0 Å². The molecule has 10 heteroatoms. The van der Waals surface area contributed by atoms with Gasteiger partial charge in [-0.05, 0) is 24.3 Å². The lowest BCUT2D eigenvalue weighted by Gasteiger charge is -2.11. The molecule has 0 aliphatic heterocycles. The Morgan fingerprint density at radius 2 is 1.84 bits per heavy atom. The zero-order valence-corrected chi connectivity index (χ0v) is 16.6. The molecule has 0 unspecified atom stereocenters. The van der Waals surface area contributed by atoms with Crippen LogP contribution in [0, 0.1) is 11.6 Å². The Morgan fingerprint density at radius 1 is 0.968 bits per heavy atom. The first-order chi connectivity index (χ1) is 15.2. The van der Waals surface area contributed by atoms with Gasteiger partial charge in [-0.25, -0.2) is 8.78 Å². The summed E-state index contributed by atoms with van der Waals surface area (Å²) in [5, 5.41) is 12.7. The van der Waals surface area contributed by atoms with Gasteiger partial charge in [-0.3, -0.25) is 4.57 Å². The van der Waals surface area contributed by atoms with Crippen molar-refractivity contribution in [3.05, 3.63) is 84.5 Å². The van der Waals surface area contributed by atoms with Gasteiger partial charge in [0.05, 0.1) is 17.7 Å². The maximum Gasteiger partial charge on any atom is 0.238 e. The van der Waals surface area contributed by atoms with E-state index in [1.54, 1.807) is 16.7 Å². The van der Waals surface area contributed by atoms with Gasteiger partial charge in [-0.15, -0.1) is 10.2 Å². The summed E-state index contributed by atoms with van der Waals surface area (Å²) < 4.78 is 40.2. The number of nitrogens with zero attached hydrogens (tertiary/aromatic N) is 5. The molecule has 7 nitrogen and oxygen atoms in total. The summed E-state index contributed by atoms with van der Waals surface area (Å²) >= 11 is 1.24. The van der Waals surface area contributed by atoms with Crippen molar-refractivity contribution in [1.29, 1.82) is 0 Å². The minimum absolute atomic E-state index is 0.134. The van der Waals surface area contributed by atoms with Gasteiger partial charge in [-0.1, -0.05) is 47.3 Å².